The van der Waals surface area contributed by atoms with Gasteiger partial charge >= 0.3 is 12.0 Å². The molecule has 0 aromatic heterocycles. The standard InChI is InChI=1S/C30H33N3O5/c1-19(2)24(18-29(35)36)21-9-11-23(12-10-21)31-28(34)17-20-8-13-25(27(16-20)38-3)32-30(37)33-15-14-22-6-4-5-7-26(22)33/h4-13,16,19,24H,14-15,17-18H2,1-3H3,(H,31,34)(H,32,37)(H,35,36). The summed E-state index contributed by atoms with van der Waals surface area (Å²) < 4.78 is 5.49. The van der Waals surface area contributed by atoms with Crippen LogP contribution in [0, 0.1) is 5.92 Å². The molecule has 0 saturated carbocycles. The predicted octanol–water partition coefficient (Wildman–Crippen LogP) is 5.69. The minimum absolute atomic E-state index is 0.0625. The fourth-order valence-corrected chi connectivity index (χ4v) is 4.81. The van der Waals surface area contributed by atoms with Crippen molar-refractivity contribution in [3.63, 3.8) is 0 Å². The molecule has 0 spiro atoms. The number of benzene rings is 3. The molecule has 0 radical (unpaired) electrons. The molecule has 1 aliphatic heterocycles. The van der Waals surface area contributed by atoms with Crippen molar-refractivity contribution < 1.29 is 24.2 Å². The lowest BCUT2D eigenvalue weighted by Gasteiger charge is -2.20. The first-order valence-electron chi connectivity index (χ1n) is 12.7. The predicted molar refractivity (Wildman–Crippen MR) is 148 cm³/mol. The second-order valence-corrected chi connectivity index (χ2v) is 9.79. The lowest BCUT2D eigenvalue weighted by Crippen LogP contribution is -2.33. The Morgan fingerprint density at radius 1 is 1.00 bits per heavy atom. The third kappa shape index (κ3) is 6.32. The Balaban J connectivity index is 1.38. The van der Waals surface area contributed by atoms with Gasteiger partial charge in [0.2, 0.25) is 5.91 Å². The second-order valence-electron chi connectivity index (χ2n) is 9.79. The number of para-hydroxylation sites is 1. The Labute approximate surface area is 222 Å². The van der Waals surface area contributed by atoms with Crippen LogP contribution in [0.5, 0.6) is 5.75 Å². The molecule has 4 rings (SSSR count). The van der Waals surface area contributed by atoms with Gasteiger partial charge in [-0.25, -0.2) is 4.79 Å². The van der Waals surface area contributed by atoms with Gasteiger partial charge in [0.15, 0.2) is 0 Å². The zero-order valence-corrected chi connectivity index (χ0v) is 21.9. The summed E-state index contributed by atoms with van der Waals surface area (Å²) in [6.07, 6.45) is 1.00. The maximum Gasteiger partial charge on any atom is 0.326 e. The van der Waals surface area contributed by atoms with Crippen LogP contribution in [0.15, 0.2) is 66.7 Å². The maximum atomic E-state index is 12.9. The van der Waals surface area contributed by atoms with Gasteiger partial charge in [0, 0.05) is 17.9 Å². The first-order valence-corrected chi connectivity index (χ1v) is 12.7. The molecule has 0 fully saturated rings. The molecular weight excluding hydrogens is 482 g/mol. The molecule has 0 saturated heterocycles. The van der Waals surface area contributed by atoms with Gasteiger partial charge < -0.3 is 20.5 Å². The lowest BCUT2D eigenvalue weighted by molar-refractivity contribution is -0.137. The highest BCUT2D eigenvalue weighted by atomic mass is 16.5. The molecule has 0 bridgehead atoms. The number of amides is 3. The summed E-state index contributed by atoms with van der Waals surface area (Å²) in [7, 11) is 1.52. The van der Waals surface area contributed by atoms with Crippen LogP contribution in [-0.2, 0) is 22.4 Å². The molecule has 1 heterocycles. The van der Waals surface area contributed by atoms with E-state index in [1.165, 1.54) is 7.11 Å². The van der Waals surface area contributed by atoms with Crippen molar-refractivity contribution in [1.82, 2.24) is 0 Å². The number of carboxylic acids is 1. The Kier molecular flexibility index (Phi) is 8.31. The number of carbonyl (C=O) groups is 3. The lowest BCUT2D eigenvalue weighted by atomic mass is 9.86. The van der Waals surface area contributed by atoms with E-state index in [2.05, 4.69) is 10.6 Å². The summed E-state index contributed by atoms with van der Waals surface area (Å²) in [4.78, 5) is 38.6. The molecule has 3 amide bonds. The number of hydrogen-bond donors (Lipinski definition) is 3. The molecule has 1 unspecified atom stereocenters. The van der Waals surface area contributed by atoms with Gasteiger partial charge in [-0.2, -0.15) is 0 Å². The number of nitrogens with zero attached hydrogens (tertiary/aromatic N) is 1. The summed E-state index contributed by atoms with van der Waals surface area (Å²) in [5, 5.41) is 15.0. The van der Waals surface area contributed by atoms with Crippen LogP contribution in [0.1, 0.15) is 42.9 Å². The van der Waals surface area contributed by atoms with Crippen LogP contribution in [0.3, 0.4) is 0 Å². The number of hydrogen-bond acceptors (Lipinski definition) is 4. The minimum atomic E-state index is -0.830. The molecule has 38 heavy (non-hydrogen) atoms. The van der Waals surface area contributed by atoms with Gasteiger partial charge in [-0.15, -0.1) is 0 Å². The number of ether oxygens (including phenoxy) is 1. The molecule has 3 aromatic rings. The number of carboxylic acid groups (broad SMARTS) is 1. The number of urea groups is 1. The highest BCUT2D eigenvalue weighted by Crippen LogP contribution is 2.31. The average Bonchev–Trinajstić information content (AvgIpc) is 3.33. The smallest absolute Gasteiger partial charge is 0.326 e. The van der Waals surface area contributed by atoms with Gasteiger partial charge in [-0.1, -0.05) is 50.2 Å². The molecule has 3 N–H and O–H groups in total. The van der Waals surface area contributed by atoms with Crippen molar-refractivity contribution in [3.05, 3.63) is 83.4 Å². The average molecular weight is 516 g/mol. The van der Waals surface area contributed by atoms with Crippen molar-refractivity contribution in [2.75, 3.05) is 29.2 Å². The zero-order valence-electron chi connectivity index (χ0n) is 21.9. The summed E-state index contributed by atoms with van der Waals surface area (Å²) in [6.45, 7) is 4.61. The van der Waals surface area contributed by atoms with Gasteiger partial charge in [-0.3, -0.25) is 14.5 Å². The Hall–Kier alpha value is -4.33. The van der Waals surface area contributed by atoms with E-state index in [1.807, 2.05) is 50.2 Å². The minimum Gasteiger partial charge on any atom is -0.495 e. The number of anilines is 3. The largest absolute Gasteiger partial charge is 0.495 e. The molecule has 8 heteroatoms. The normalized spacial score (nSPS) is 13.1. The van der Waals surface area contributed by atoms with Crippen molar-refractivity contribution in [1.29, 1.82) is 0 Å². The fourth-order valence-electron chi connectivity index (χ4n) is 4.81. The molecule has 1 atom stereocenters. The number of fused-ring (bicyclic) bond motifs is 1. The fraction of sp³-hybridized carbons (Fsp3) is 0.300. The van der Waals surface area contributed by atoms with Gasteiger partial charge in [0.25, 0.3) is 0 Å². The molecule has 1 aliphatic rings. The Bertz CT molecular complexity index is 1320. The van der Waals surface area contributed by atoms with E-state index in [4.69, 9.17) is 4.74 Å². The van der Waals surface area contributed by atoms with Crippen molar-refractivity contribution in [2.45, 2.75) is 39.0 Å². The van der Waals surface area contributed by atoms with E-state index < -0.39 is 5.97 Å². The van der Waals surface area contributed by atoms with Gasteiger partial charge in [0.1, 0.15) is 5.75 Å². The number of rotatable bonds is 9. The molecule has 198 valence electrons. The third-order valence-corrected chi connectivity index (χ3v) is 6.83. The monoisotopic (exact) mass is 515 g/mol. The number of nitrogens with one attached hydrogen (secondary N) is 2. The summed E-state index contributed by atoms with van der Waals surface area (Å²) in [5.74, 6) is -0.470. The van der Waals surface area contributed by atoms with E-state index in [9.17, 15) is 19.5 Å². The maximum absolute atomic E-state index is 12.9. The van der Waals surface area contributed by atoms with E-state index in [0.29, 0.717) is 23.7 Å². The van der Waals surface area contributed by atoms with Crippen LogP contribution >= 0.6 is 0 Å². The quantitative estimate of drug-likeness (QED) is 0.340. The van der Waals surface area contributed by atoms with Gasteiger partial charge in [-0.05, 0) is 65.3 Å². The van der Waals surface area contributed by atoms with Crippen LogP contribution in [0.2, 0.25) is 0 Å². The van der Waals surface area contributed by atoms with Gasteiger partial charge in [0.05, 0.1) is 25.6 Å². The zero-order chi connectivity index (χ0) is 27.2. The number of carbonyl (C=O) groups excluding carboxylic acids is 2. The number of methoxy groups -OCH3 is 1. The highest BCUT2D eigenvalue weighted by Gasteiger charge is 2.25. The summed E-state index contributed by atoms with van der Waals surface area (Å²) >= 11 is 0. The van der Waals surface area contributed by atoms with E-state index in [0.717, 1.165) is 28.8 Å². The summed E-state index contributed by atoms with van der Waals surface area (Å²) in [5.41, 5.74) is 4.89. The first-order chi connectivity index (χ1) is 18.2. The molecule has 3 aromatic carbocycles. The van der Waals surface area contributed by atoms with E-state index in [-0.39, 0.29) is 36.6 Å². The Morgan fingerprint density at radius 3 is 2.42 bits per heavy atom. The molecule has 8 nitrogen and oxygen atoms in total. The van der Waals surface area contributed by atoms with Crippen LogP contribution in [0.4, 0.5) is 21.9 Å². The first kappa shape index (κ1) is 26.7. The topological polar surface area (TPSA) is 108 Å². The van der Waals surface area contributed by atoms with Crippen LogP contribution < -0.4 is 20.3 Å². The molecule has 0 aliphatic carbocycles. The molecular formula is C30H33N3O5. The summed E-state index contributed by atoms with van der Waals surface area (Å²) in [6, 6.07) is 20.2. The van der Waals surface area contributed by atoms with E-state index in [1.54, 1.807) is 35.2 Å². The second kappa shape index (κ2) is 11.8. The van der Waals surface area contributed by atoms with Crippen LogP contribution in [0.25, 0.3) is 0 Å². The third-order valence-electron chi connectivity index (χ3n) is 6.83. The van der Waals surface area contributed by atoms with Crippen molar-refractivity contribution in [3.8, 4) is 5.75 Å². The SMILES string of the molecule is COc1cc(CC(=O)Nc2ccc(C(CC(=O)O)C(C)C)cc2)ccc1NC(=O)N1CCc2ccccc21. The van der Waals surface area contributed by atoms with E-state index >= 15 is 0 Å². The Morgan fingerprint density at radius 2 is 1.74 bits per heavy atom. The van der Waals surface area contributed by atoms with Crippen molar-refractivity contribution in [2.24, 2.45) is 5.92 Å². The number of aliphatic carboxylic acids is 1. The van der Waals surface area contributed by atoms with Crippen LogP contribution in [-0.4, -0.2) is 36.7 Å². The van der Waals surface area contributed by atoms with Crippen molar-refractivity contribution >= 4 is 35.0 Å². The highest BCUT2D eigenvalue weighted by molar-refractivity contribution is 6.04.